The van der Waals surface area contributed by atoms with Crippen molar-refractivity contribution in [1.82, 2.24) is 20.3 Å². The smallest absolute Gasteiger partial charge is 0.254 e. The monoisotopic (exact) mass is 388 g/mol. The second-order valence-corrected chi connectivity index (χ2v) is 7.72. The van der Waals surface area contributed by atoms with Crippen LogP contribution in [0.1, 0.15) is 22.7 Å². The SMILES string of the molecule is CSc1nc(C)c(CCC(=O)NCCc2nc3ccccc3s2)c(=O)[nH]1. The van der Waals surface area contributed by atoms with Gasteiger partial charge in [0.1, 0.15) is 0 Å². The lowest BCUT2D eigenvalue weighted by molar-refractivity contribution is -0.121. The van der Waals surface area contributed by atoms with Gasteiger partial charge in [-0.15, -0.1) is 11.3 Å². The molecule has 1 amide bonds. The van der Waals surface area contributed by atoms with Crippen LogP contribution in [0.5, 0.6) is 0 Å². The first-order valence-electron chi connectivity index (χ1n) is 8.31. The van der Waals surface area contributed by atoms with Gasteiger partial charge in [-0.1, -0.05) is 23.9 Å². The lowest BCUT2D eigenvalue weighted by atomic mass is 10.1. The van der Waals surface area contributed by atoms with E-state index in [9.17, 15) is 9.59 Å². The predicted molar refractivity (Wildman–Crippen MR) is 106 cm³/mol. The summed E-state index contributed by atoms with van der Waals surface area (Å²) < 4.78 is 1.16. The Morgan fingerprint density at radius 2 is 2.08 bits per heavy atom. The minimum absolute atomic E-state index is 0.0705. The number of aromatic nitrogens is 3. The van der Waals surface area contributed by atoms with Crippen molar-refractivity contribution in [2.75, 3.05) is 12.8 Å². The fraction of sp³-hybridized carbons (Fsp3) is 0.333. The topological polar surface area (TPSA) is 87.7 Å². The van der Waals surface area contributed by atoms with Crippen molar-refractivity contribution in [3.8, 4) is 0 Å². The highest BCUT2D eigenvalue weighted by Gasteiger charge is 2.11. The van der Waals surface area contributed by atoms with Crippen LogP contribution in [0.4, 0.5) is 0 Å². The van der Waals surface area contributed by atoms with E-state index < -0.39 is 0 Å². The highest BCUT2D eigenvalue weighted by atomic mass is 32.2. The lowest BCUT2D eigenvalue weighted by Gasteiger charge is -2.06. The summed E-state index contributed by atoms with van der Waals surface area (Å²) in [4.78, 5) is 35.7. The molecule has 2 aromatic heterocycles. The number of nitrogens with zero attached hydrogens (tertiary/aromatic N) is 2. The van der Waals surface area contributed by atoms with Crippen molar-refractivity contribution in [2.24, 2.45) is 0 Å². The van der Waals surface area contributed by atoms with Crippen LogP contribution in [0.25, 0.3) is 10.2 Å². The molecule has 0 unspecified atom stereocenters. The number of amides is 1. The number of hydrogen-bond acceptors (Lipinski definition) is 6. The molecule has 1 aromatic carbocycles. The van der Waals surface area contributed by atoms with Crippen molar-refractivity contribution < 1.29 is 4.79 Å². The number of benzene rings is 1. The summed E-state index contributed by atoms with van der Waals surface area (Å²) in [5, 5.41) is 4.50. The Morgan fingerprint density at radius 1 is 1.27 bits per heavy atom. The molecule has 26 heavy (non-hydrogen) atoms. The first kappa shape index (κ1) is 18.6. The first-order valence-corrected chi connectivity index (χ1v) is 10.4. The van der Waals surface area contributed by atoms with Crippen LogP contribution in [0, 0.1) is 6.92 Å². The number of para-hydroxylation sites is 1. The van der Waals surface area contributed by atoms with Crippen molar-refractivity contribution in [2.45, 2.75) is 31.3 Å². The van der Waals surface area contributed by atoms with E-state index in [0.29, 0.717) is 35.8 Å². The molecule has 0 saturated carbocycles. The molecule has 2 N–H and O–H groups in total. The predicted octanol–water partition coefficient (Wildman–Crippen LogP) is 2.70. The molecule has 3 rings (SSSR count). The van der Waals surface area contributed by atoms with Gasteiger partial charge in [0.05, 0.1) is 15.2 Å². The molecular formula is C18H20N4O2S2. The molecular weight excluding hydrogens is 368 g/mol. The minimum atomic E-state index is -0.163. The third-order valence-corrected chi connectivity index (χ3v) is 5.67. The van der Waals surface area contributed by atoms with E-state index in [1.807, 2.05) is 30.5 Å². The number of rotatable bonds is 7. The molecule has 0 aliphatic rings. The standard InChI is InChI=1S/C18H20N4O2S2/c1-11-12(17(24)22-18(20-11)25-2)7-8-15(23)19-10-9-16-21-13-5-3-4-6-14(13)26-16/h3-6H,7-10H2,1-2H3,(H,19,23)(H,20,22,24). The van der Waals surface area contributed by atoms with E-state index >= 15 is 0 Å². The molecule has 2 heterocycles. The van der Waals surface area contributed by atoms with Gasteiger partial charge in [-0.2, -0.15) is 0 Å². The number of carbonyl (C=O) groups is 1. The highest BCUT2D eigenvalue weighted by Crippen LogP contribution is 2.21. The number of thiazole rings is 1. The molecule has 0 bridgehead atoms. The average Bonchev–Trinajstić information content (AvgIpc) is 3.03. The molecule has 0 saturated heterocycles. The van der Waals surface area contributed by atoms with Crippen LogP contribution >= 0.6 is 23.1 Å². The van der Waals surface area contributed by atoms with E-state index in [2.05, 4.69) is 20.3 Å². The number of nitrogens with one attached hydrogen (secondary N) is 2. The van der Waals surface area contributed by atoms with E-state index in [-0.39, 0.29) is 17.9 Å². The number of aryl methyl sites for hydroxylation is 1. The molecule has 136 valence electrons. The molecule has 0 atom stereocenters. The van der Waals surface area contributed by atoms with Gasteiger partial charge in [0, 0.05) is 30.6 Å². The molecule has 0 aliphatic carbocycles. The zero-order valence-electron chi connectivity index (χ0n) is 14.7. The summed E-state index contributed by atoms with van der Waals surface area (Å²) in [7, 11) is 0. The Balaban J connectivity index is 1.49. The largest absolute Gasteiger partial charge is 0.356 e. The lowest BCUT2D eigenvalue weighted by Crippen LogP contribution is -2.27. The minimum Gasteiger partial charge on any atom is -0.356 e. The zero-order valence-corrected chi connectivity index (χ0v) is 16.3. The molecule has 0 fully saturated rings. The number of thioether (sulfide) groups is 1. The van der Waals surface area contributed by atoms with Crippen molar-refractivity contribution in [1.29, 1.82) is 0 Å². The summed E-state index contributed by atoms with van der Waals surface area (Å²) in [6, 6.07) is 8.00. The van der Waals surface area contributed by atoms with E-state index in [1.165, 1.54) is 11.8 Å². The van der Waals surface area contributed by atoms with Gasteiger partial charge >= 0.3 is 0 Å². The molecule has 0 aliphatic heterocycles. The Hall–Kier alpha value is -2.19. The summed E-state index contributed by atoms with van der Waals surface area (Å²) in [6.07, 6.45) is 3.21. The van der Waals surface area contributed by atoms with Gasteiger partial charge in [0.2, 0.25) is 5.91 Å². The van der Waals surface area contributed by atoms with Crippen molar-refractivity contribution in [3.05, 3.63) is 50.9 Å². The number of fused-ring (bicyclic) bond motifs is 1. The maximum Gasteiger partial charge on any atom is 0.254 e. The average molecular weight is 389 g/mol. The van der Waals surface area contributed by atoms with E-state index in [1.54, 1.807) is 18.3 Å². The third kappa shape index (κ3) is 4.50. The number of aromatic amines is 1. The van der Waals surface area contributed by atoms with Crippen LogP contribution in [0.15, 0.2) is 34.2 Å². The van der Waals surface area contributed by atoms with Crippen molar-refractivity contribution in [3.63, 3.8) is 0 Å². The fourth-order valence-corrected chi connectivity index (χ4v) is 4.03. The maximum atomic E-state index is 12.1. The molecule has 0 spiro atoms. The van der Waals surface area contributed by atoms with Crippen molar-refractivity contribution >= 4 is 39.2 Å². The van der Waals surface area contributed by atoms with Gasteiger partial charge in [-0.25, -0.2) is 9.97 Å². The normalized spacial score (nSPS) is 11.0. The summed E-state index contributed by atoms with van der Waals surface area (Å²) in [6.45, 7) is 2.34. The number of carbonyl (C=O) groups excluding carboxylic acids is 1. The second-order valence-electron chi connectivity index (χ2n) is 5.81. The van der Waals surface area contributed by atoms with Gasteiger partial charge in [0.25, 0.3) is 5.56 Å². The number of H-pyrrole nitrogens is 1. The molecule has 3 aromatic rings. The summed E-state index contributed by atoms with van der Waals surface area (Å²) in [5.74, 6) is -0.0705. The zero-order chi connectivity index (χ0) is 18.5. The van der Waals surface area contributed by atoms with Gasteiger partial charge < -0.3 is 10.3 Å². The Bertz CT molecular complexity index is 948. The van der Waals surface area contributed by atoms with Gasteiger partial charge in [0.15, 0.2) is 5.16 Å². The Morgan fingerprint density at radius 3 is 2.81 bits per heavy atom. The summed E-state index contributed by atoms with van der Waals surface area (Å²) >= 11 is 3.04. The van der Waals surface area contributed by atoms with E-state index in [4.69, 9.17) is 0 Å². The highest BCUT2D eigenvalue weighted by molar-refractivity contribution is 7.98. The second kappa shape index (κ2) is 8.46. The number of hydrogen-bond donors (Lipinski definition) is 2. The quantitative estimate of drug-likeness (QED) is 0.480. The van der Waals surface area contributed by atoms with Crippen LogP contribution in [0.2, 0.25) is 0 Å². The molecule has 8 heteroatoms. The van der Waals surface area contributed by atoms with Crippen LogP contribution in [-0.4, -0.2) is 33.7 Å². The Kier molecular flexibility index (Phi) is 6.05. The Labute approximate surface area is 159 Å². The van der Waals surface area contributed by atoms with Crippen LogP contribution in [0.3, 0.4) is 0 Å². The fourth-order valence-electron chi connectivity index (χ4n) is 2.64. The van der Waals surface area contributed by atoms with Gasteiger partial charge in [-0.05, 0) is 31.7 Å². The van der Waals surface area contributed by atoms with Gasteiger partial charge in [-0.3, -0.25) is 9.59 Å². The third-order valence-electron chi connectivity index (χ3n) is 4.00. The first-order chi connectivity index (χ1) is 12.6. The maximum absolute atomic E-state index is 12.1. The summed E-state index contributed by atoms with van der Waals surface area (Å²) in [5.41, 5.74) is 2.09. The molecule has 6 nitrogen and oxygen atoms in total. The van der Waals surface area contributed by atoms with Crippen LogP contribution in [-0.2, 0) is 17.6 Å². The molecule has 0 radical (unpaired) electrons. The van der Waals surface area contributed by atoms with Crippen LogP contribution < -0.4 is 10.9 Å². The van der Waals surface area contributed by atoms with E-state index in [0.717, 1.165) is 15.2 Å².